The fourth-order valence-corrected chi connectivity index (χ4v) is 2.88. The van der Waals surface area contributed by atoms with E-state index in [0.29, 0.717) is 23.5 Å². The van der Waals surface area contributed by atoms with Gasteiger partial charge in [-0.3, -0.25) is 9.79 Å². The molecule has 0 aliphatic rings. The number of amides is 1. The van der Waals surface area contributed by atoms with E-state index >= 15 is 0 Å². The van der Waals surface area contributed by atoms with Crippen molar-refractivity contribution in [1.29, 1.82) is 0 Å². The van der Waals surface area contributed by atoms with Crippen LogP contribution in [0.3, 0.4) is 0 Å². The molecule has 0 aliphatic heterocycles. The Kier molecular flexibility index (Phi) is 5.98. The number of anilines is 3. The lowest BCUT2D eigenvalue weighted by Gasteiger charge is -2.22. The van der Waals surface area contributed by atoms with Gasteiger partial charge in [-0.1, -0.05) is 0 Å². The minimum absolute atomic E-state index is 0.289. The van der Waals surface area contributed by atoms with Crippen LogP contribution in [0.1, 0.15) is 12.5 Å². The maximum Gasteiger partial charge on any atom is 0.211 e. The Morgan fingerprint density at radius 2 is 2.04 bits per heavy atom. The van der Waals surface area contributed by atoms with Gasteiger partial charge in [-0.2, -0.15) is 0 Å². The Hall–Kier alpha value is -2.34. The number of carbonyl (C=O) groups excluding carboxylic acids is 1. The van der Waals surface area contributed by atoms with E-state index in [2.05, 4.69) is 10.3 Å². The van der Waals surface area contributed by atoms with Crippen molar-refractivity contribution in [2.24, 2.45) is 4.99 Å². The molecule has 0 unspecified atom stereocenters. The van der Waals surface area contributed by atoms with Crippen LogP contribution in [-0.4, -0.2) is 25.9 Å². The third-order valence-electron chi connectivity index (χ3n) is 3.66. The van der Waals surface area contributed by atoms with Gasteiger partial charge in [0.15, 0.2) is 0 Å². The lowest BCUT2D eigenvalue weighted by Crippen LogP contribution is -2.12. The lowest BCUT2D eigenvalue weighted by molar-refractivity contribution is -0.105. The normalized spacial score (nSPS) is 10.9. The summed E-state index contributed by atoms with van der Waals surface area (Å²) in [5, 5.41) is 2.66. The van der Waals surface area contributed by atoms with Gasteiger partial charge in [0, 0.05) is 23.8 Å². The van der Waals surface area contributed by atoms with Crippen LogP contribution in [0.4, 0.5) is 27.1 Å². The SMILES string of the molecule is CC=Nc1c(C)cc(N(C)c2ccc(SC)cc2F)cc1NC=O. The number of hydrogen-bond acceptors (Lipinski definition) is 4. The van der Waals surface area contributed by atoms with E-state index in [1.807, 2.05) is 32.2 Å². The second-order valence-corrected chi connectivity index (χ2v) is 6.06. The number of halogens is 1. The molecule has 1 N–H and O–H groups in total. The molecule has 1 amide bonds. The van der Waals surface area contributed by atoms with Crippen LogP contribution in [0.15, 0.2) is 40.2 Å². The fraction of sp³-hybridized carbons (Fsp3) is 0.222. The van der Waals surface area contributed by atoms with Crippen LogP contribution < -0.4 is 10.2 Å². The summed E-state index contributed by atoms with van der Waals surface area (Å²) in [4.78, 5) is 17.8. The molecule has 6 heteroatoms. The first-order chi connectivity index (χ1) is 11.5. The molecule has 0 fully saturated rings. The molecule has 0 atom stereocenters. The summed E-state index contributed by atoms with van der Waals surface area (Å²) in [6, 6.07) is 8.85. The maximum absolute atomic E-state index is 14.4. The predicted octanol–water partition coefficient (Wildman–Crippen LogP) is 4.91. The standard InChI is InChI=1S/C18H20FN3OS/c1-5-20-18-12(2)8-13(9-16(18)21-11-23)22(3)17-7-6-14(24-4)10-15(17)19/h5-11H,1-4H3,(H,21,23). The molecule has 0 aromatic heterocycles. The zero-order chi connectivity index (χ0) is 17.7. The molecule has 0 saturated heterocycles. The van der Waals surface area contributed by atoms with Gasteiger partial charge < -0.3 is 10.2 Å². The smallest absolute Gasteiger partial charge is 0.211 e. The van der Waals surface area contributed by atoms with Gasteiger partial charge in [-0.15, -0.1) is 11.8 Å². The molecular formula is C18H20FN3OS. The van der Waals surface area contributed by atoms with Crippen molar-refractivity contribution in [3.8, 4) is 0 Å². The quantitative estimate of drug-likeness (QED) is 0.459. The summed E-state index contributed by atoms with van der Waals surface area (Å²) in [5.41, 5.74) is 3.41. The van der Waals surface area contributed by atoms with Crippen LogP contribution >= 0.6 is 11.8 Å². The average Bonchev–Trinajstić information content (AvgIpc) is 2.57. The Balaban J connectivity index is 2.49. The zero-order valence-electron chi connectivity index (χ0n) is 14.1. The number of benzene rings is 2. The molecule has 2 rings (SSSR count). The van der Waals surface area contributed by atoms with Crippen molar-refractivity contribution in [3.63, 3.8) is 0 Å². The van der Waals surface area contributed by atoms with E-state index in [-0.39, 0.29) is 5.82 Å². The summed E-state index contributed by atoms with van der Waals surface area (Å²) in [7, 11) is 1.79. The Labute approximate surface area is 145 Å². The average molecular weight is 345 g/mol. The summed E-state index contributed by atoms with van der Waals surface area (Å²) in [6.45, 7) is 3.72. The monoisotopic (exact) mass is 345 g/mol. The van der Waals surface area contributed by atoms with Gasteiger partial charge in [-0.25, -0.2) is 4.39 Å². The molecule has 2 aromatic rings. The summed E-state index contributed by atoms with van der Waals surface area (Å²) in [6.07, 6.45) is 4.19. The van der Waals surface area contributed by atoms with Crippen LogP contribution in [-0.2, 0) is 4.79 Å². The Morgan fingerprint density at radius 1 is 1.29 bits per heavy atom. The number of carbonyl (C=O) groups is 1. The van der Waals surface area contributed by atoms with Crippen molar-refractivity contribution in [3.05, 3.63) is 41.7 Å². The lowest BCUT2D eigenvalue weighted by atomic mass is 10.1. The van der Waals surface area contributed by atoms with Gasteiger partial charge >= 0.3 is 0 Å². The number of rotatable bonds is 6. The first-order valence-electron chi connectivity index (χ1n) is 7.42. The Morgan fingerprint density at radius 3 is 2.62 bits per heavy atom. The molecule has 0 radical (unpaired) electrons. The zero-order valence-corrected chi connectivity index (χ0v) is 14.9. The van der Waals surface area contributed by atoms with E-state index in [1.165, 1.54) is 17.8 Å². The highest BCUT2D eigenvalue weighted by atomic mass is 32.2. The number of thioether (sulfide) groups is 1. The molecule has 0 spiro atoms. The summed E-state index contributed by atoms with van der Waals surface area (Å²) < 4.78 is 14.4. The highest BCUT2D eigenvalue weighted by Gasteiger charge is 2.14. The van der Waals surface area contributed by atoms with Crippen molar-refractivity contribution < 1.29 is 9.18 Å². The first kappa shape index (κ1) is 18.0. The van der Waals surface area contributed by atoms with Crippen molar-refractivity contribution in [2.45, 2.75) is 18.7 Å². The number of aryl methyl sites for hydroxylation is 1. The van der Waals surface area contributed by atoms with Gasteiger partial charge in [-0.05, 0) is 56.0 Å². The van der Waals surface area contributed by atoms with E-state index in [9.17, 15) is 9.18 Å². The number of hydrogen-bond donors (Lipinski definition) is 1. The molecule has 0 heterocycles. The van der Waals surface area contributed by atoms with Gasteiger partial charge in [0.2, 0.25) is 6.41 Å². The molecule has 0 bridgehead atoms. The summed E-state index contributed by atoms with van der Waals surface area (Å²) in [5.74, 6) is -0.289. The number of nitrogens with zero attached hydrogens (tertiary/aromatic N) is 2. The highest BCUT2D eigenvalue weighted by molar-refractivity contribution is 7.98. The van der Waals surface area contributed by atoms with Crippen molar-refractivity contribution in [1.82, 2.24) is 0 Å². The van der Waals surface area contributed by atoms with E-state index in [4.69, 9.17) is 0 Å². The largest absolute Gasteiger partial charge is 0.342 e. The highest BCUT2D eigenvalue weighted by Crippen LogP contribution is 2.36. The van der Waals surface area contributed by atoms with Gasteiger partial charge in [0.1, 0.15) is 5.82 Å². The second kappa shape index (κ2) is 7.97. The minimum Gasteiger partial charge on any atom is -0.342 e. The molecule has 126 valence electrons. The van der Waals surface area contributed by atoms with Crippen LogP contribution in [0, 0.1) is 12.7 Å². The molecule has 24 heavy (non-hydrogen) atoms. The van der Waals surface area contributed by atoms with Crippen molar-refractivity contribution >= 4 is 47.1 Å². The first-order valence-corrected chi connectivity index (χ1v) is 8.65. The molecule has 4 nitrogen and oxygen atoms in total. The fourth-order valence-electron chi connectivity index (χ4n) is 2.45. The third kappa shape index (κ3) is 3.76. The topological polar surface area (TPSA) is 44.7 Å². The Bertz CT molecular complexity index is 777. The van der Waals surface area contributed by atoms with E-state index in [0.717, 1.165) is 16.1 Å². The minimum atomic E-state index is -0.289. The number of aliphatic imine (C=N–C) groups is 1. The van der Waals surface area contributed by atoms with E-state index in [1.54, 1.807) is 30.3 Å². The van der Waals surface area contributed by atoms with E-state index < -0.39 is 0 Å². The summed E-state index contributed by atoms with van der Waals surface area (Å²) >= 11 is 1.49. The van der Waals surface area contributed by atoms with Gasteiger partial charge in [0.05, 0.1) is 17.1 Å². The van der Waals surface area contributed by atoms with Crippen LogP contribution in [0.2, 0.25) is 0 Å². The van der Waals surface area contributed by atoms with Gasteiger partial charge in [0.25, 0.3) is 0 Å². The molecule has 0 saturated carbocycles. The molecule has 0 aliphatic carbocycles. The number of nitrogens with one attached hydrogen (secondary N) is 1. The van der Waals surface area contributed by atoms with Crippen LogP contribution in [0.25, 0.3) is 0 Å². The second-order valence-electron chi connectivity index (χ2n) is 5.18. The maximum atomic E-state index is 14.4. The molecule has 2 aromatic carbocycles. The third-order valence-corrected chi connectivity index (χ3v) is 4.39. The molecular weight excluding hydrogens is 325 g/mol. The van der Waals surface area contributed by atoms with Crippen molar-refractivity contribution in [2.75, 3.05) is 23.5 Å². The van der Waals surface area contributed by atoms with Crippen LogP contribution in [0.5, 0.6) is 0 Å². The predicted molar refractivity (Wildman–Crippen MR) is 101 cm³/mol.